The van der Waals surface area contributed by atoms with E-state index in [9.17, 15) is 4.79 Å². The molecular weight excluding hydrogens is 188 g/mol. The normalized spacial score (nSPS) is 20.0. The van der Waals surface area contributed by atoms with Gasteiger partial charge in [-0.25, -0.2) is 0 Å². The lowest BCUT2D eigenvalue weighted by Crippen LogP contribution is -2.09. The van der Waals surface area contributed by atoms with Crippen molar-refractivity contribution < 1.29 is 9.53 Å². The first kappa shape index (κ1) is 10.2. The molecule has 0 aliphatic carbocycles. The first-order valence-corrected chi connectivity index (χ1v) is 5.47. The van der Waals surface area contributed by atoms with E-state index < -0.39 is 0 Å². The maximum atomic E-state index is 11.2. The Balaban J connectivity index is 2.35. The van der Waals surface area contributed by atoms with Crippen molar-refractivity contribution in [3.05, 3.63) is 29.3 Å². The van der Waals surface area contributed by atoms with Crippen LogP contribution in [0.25, 0.3) is 0 Å². The van der Waals surface area contributed by atoms with Crippen LogP contribution in [0.5, 0.6) is 5.75 Å². The fourth-order valence-corrected chi connectivity index (χ4v) is 1.96. The summed E-state index contributed by atoms with van der Waals surface area (Å²) >= 11 is 0. The number of Topliss-reactive ketones (excluding diaryl/α,β-unsaturated/α-hetero) is 1. The van der Waals surface area contributed by atoms with E-state index in [-0.39, 0.29) is 11.9 Å². The molecule has 0 saturated carbocycles. The highest BCUT2D eigenvalue weighted by Gasteiger charge is 2.14. The third-order valence-electron chi connectivity index (χ3n) is 2.85. The molecule has 1 aromatic rings. The minimum atomic E-state index is 0.120. The molecule has 2 rings (SSSR count). The minimum absolute atomic E-state index is 0.120. The number of rotatable bonds is 1. The largest absolute Gasteiger partial charge is 0.490 e. The van der Waals surface area contributed by atoms with Gasteiger partial charge >= 0.3 is 0 Å². The van der Waals surface area contributed by atoms with E-state index in [2.05, 4.69) is 6.92 Å². The third kappa shape index (κ3) is 2.20. The first-order chi connectivity index (χ1) is 7.16. The van der Waals surface area contributed by atoms with Gasteiger partial charge in [-0.2, -0.15) is 0 Å². The van der Waals surface area contributed by atoms with Crippen molar-refractivity contribution in [1.82, 2.24) is 0 Å². The lowest BCUT2D eigenvalue weighted by atomic mass is 10.0. The van der Waals surface area contributed by atoms with Gasteiger partial charge in [0.1, 0.15) is 5.75 Å². The van der Waals surface area contributed by atoms with E-state index in [1.165, 1.54) is 5.56 Å². The predicted molar refractivity (Wildman–Crippen MR) is 59.5 cm³/mol. The molecule has 0 spiro atoms. The third-order valence-corrected chi connectivity index (χ3v) is 2.85. The van der Waals surface area contributed by atoms with Crippen molar-refractivity contribution in [2.24, 2.45) is 0 Å². The molecule has 1 aromatic carbocycles. The number of hydrogen-bond donors (Lipinski definition) is 0. The molecule has 80 valence electrons. The summed E-state index contributed by atoms with van der Waals surface area (Å²) < 4.78 is 5.78. The van der Waals surface area contributed by atoms with Crippen molar-refractivity contribution in [2.45, 2.75) is 39.2 Å². The smallest absolute Gasteiger partial charge is 0.159 e. The van der Waals surface area contributed by atoms with Gasteiger partial charge in [-0.1, -0.05) is 0 Å². The quantitative estimate of drug-likeness (QED) is 0.657. The van der Waals surface area contributed by atoms with E-state index >= 15 is 0 Å². The van der Waals surface area contributed by atoms with Crippen molar-refractivity contribution in [3.8, 4) is 5.75 Å². The van der Waals surface area contributed by atoms with E-state index in [0.29, 0.717) is 0 Å². The fraction of sp³-hybridized carbons (Fsp3) is 0.462. The average molecular weight is 204 g/mol. The van der Waals surface area contributed by atoms with Crippen LogP contribution in [0.2, 0.25) is 0 Å². The summed E-state index contributed by atoms with van der Waals surface area (Å²) in [6, 6.07) is 5.74. The van der Waals surface area contributed by atoms with Crippen LogP contribution in [-0.2, 0) is 6.42 Å². The molecule has 0 aromatic heterocycles. The van der Waals surface area contributed by atoms with E-state index in [1.54, 1.807) is 6.92 Å². The number of carbonyl (C=O) groups excluding carboxylic acids is 1. The Kier molecular flexibility index (Phi) is 2.76. The summed E-state index contributed by atoms with van der Waals surface area (Å²) in [5.41, 5.74) is 1.96. The lowest BCUT2D eigenvalue weighted by Gasteiger charge is -2.12. The predicted octanol–water partition coefficient (Wildman–Crippen LogP) is 2.99. The van der Waals surface area contributed by atoms with Gasteiger partial charge in [0.25, 0.3) is 0 Å². The second-order valence-electron chi connectivity index (χ2n) is 4.20. The Hall–Kier alpha value is -1.31. The average Bonchev–Trinajstić information content (AvgIpc) is 2.37. The number of ketones is 1. The summed E-state index contributed by atoms with van der Waals surface area (Å²) in [5, 5.41) is 0. The summed E-state index contributed by atoms with van der Waals surface area (Å²) in [7, 11) is 0. The molecule has 1 heterocycles. The fourth-order valence-electron chi connectivity index (χ4n) is 1.96. The van der Waals surface area contributed by atoms with E-state index in [0.717, 1.165) is 30.6 Å². The molecule has 0 bridgehead atoms. The van der Waals surface area contributed by atoms with Crippen LogP contribution < -0.4 is 4.74 Å². The van der Waals surface area contributed by atoms with Gasteiger partial charge in [0.15, 0.2) is 5.78 Å². The Morgan fingerprint density at radius 2 is 2.27 bits per heavy atom. The number of fused-ring (bicyclic) bond motifs is 1. The van der Waals surface area contributed by atoms with Crippen LogP contribution in [0.1, 0.15) is 42.6 Å². The molecule has 1 atom stereocenters. The zero-order valence-electron chi connectivity index (χ0n) is 9.25. The van der Waals surface area contributed by atoms with Crippen LogP contribution in [-0.4, -0.2) is 11.9 Å². The van der Waals surface area contributed by atoms with Gasteiger partial charge in [0.05, 0.1) is 6.10 Å². The van der Waals surface area contributed by atoms with Crippen LogP contribution in [0.15, 0.2) is 18.2 Å². The van der Waals surface area contributed by atoms with Crippen LogP contribution in [0, 0.1) is 0 Å². The van der Waals surface area contributed by atoms with Gasteiger partial charge in [-0.05, 0) is 56.9 Å². The molecule has 1 unspecified atom stereocenters. The van der Waals surface area contributed by atoms with Gasteiger partial charge in [-0.3, -0.25) is 4.79 Å². The molecule has 0 amide bonds. The highest BCUT2D eigenvalue weighted by Crippen LogP contribution is 2.27. The van der Waals surface area contributed by atoms with Crippen LogP contribution >= 0.6 is 0 Å². The van der Waals surface area contributed by atoms with Crippen molar-refractivity contribution >= 4 is 5.78 Å². The number of ether oxygens (including phenoxy) is 1. The maximum Gasteiger partial charge on any atom is 0.159 e. The van der Waals surface area contributed by atoms with Crippen LogP contribution in [0.4, 0.5) is 0 Å². The SMILES string of the molecule is CC(=O)c1ccc2c(c1)CCCC(C)O2. The number of aryl methyl sites for hydroxylation is 1. The second-order valence-corrected chi connectivity index (χ2v) is 4.20. The van der Waals surface area contributed by atoms with Gasteiger partial charge in [0.2, 0.25) is 0 Å². The molecule has 0 saturated heterocycles. The summed E-state index contributed by atoms with van der Waals surface area (Å²) in [6.07, 6.45) is 3.52. The highest BCUT2D eigenvalue weighted by atomic mass is 16.5. The van der Waals surface area contributed by atoms with Gasteiger partial charge < -0.3 is 4.74 Å². The highest BCUT2D eigenvalue weighted by molar-refractivity contribution is 5.94. The summed E-state index contributed by atoms with van der Waals surface area (Å²) in [4.78, 5) is 11.2. The monoisotopic (exact) mass is 204 g/mol. The lowest BCUT2D eigenvalue weighted by molar-refractivity contribution is 0.101. The van der Waals surface area contributed by atoms with Crippen molar-refractivity contribution in [1.29, 1.82) is 0 Å². The Morgan fingerprint density at radius 3 is 3.00 bits per heavy atom. The molecule has 2 heteroatoms. The summed E-state index contributed by atoms with van der Waals surface area (Å²) in [5.74, 6) is 1.07. The topological polar surface area (TPSA) is 26.3 Å². The molecule has 1 aliphatic heterocycles. The number of hydrogen-bond acceptors (Lipinski definition) is 2. The molecular formula is C13H16O2. The van der Waals surface area contributed by atoms with Crippen LogP contribution in [0.3, 0.4) is 0 Å². The Labute approximate surface area is 90.3 Å². The number of benzene rings is 1. The minimum Gasteiger partial charge on any atom is -0.490 e. The molecule has 0 radical (unpaired) electrons. The first-order valence-electron chi connectivity index (χ1n) is 5.47. The Morgan fingerprint density at radius 1 is 1.47 bits per heavy atom. The zero-order valence-corrected chi connectivity index (χ0v) is 9.25. The molecule has 0 fully saturated rings. The number of carbonyl (C=O) groups is 1. The molecule has 2 nitrogen and oxygen atoms in total. The van der Waals surface area contributed by atoms with E-state index in [4.69, 9.17) is 4.74 Å². The summed E-state index contributed by atoms with van der Waals surface area (Å²) in [6.45, 7) is 3.69. The second kappa shape index (κ2) is 4.05. The van der Waals surface area contributed by atoms with Gasteiger partial charge in [0, 0.05) is 5.56 Å². The Bertz CT molecular complexity index is 382. The molecule has 15 heavy (non-hydrogen) atoms. The van der Waals surface area contributed by atoms with Crippen molar-refractivity contribution in [3.63, 3.8) is 0 Å². The van der Waals surface area contributed by atoms with E-state index in [1.807, 2.05) is 18.2 Å². The maximum absolute atomic E-state index is 11.2. The molecule has 0 N–H and O–H groups in total. The molecule has 1 aliphatic rings. The standard InChI is InChI=1S/C13H16O2/c1-9-4-3-5-12-8-11(10(2)14)6-7-13(12)15-9/h6-9H,3-5H2,1-2H3. The van der Waals surface area contributed by atoms with Gasteiger partial charge in [-0.15, -0.1) is 0 Å². The van der Waals surface area contributed by atoms with Crippen molar-refractivity contribution in [2.75, 3.05) is 0 Å². The zero-order chi connectivity index (χ0) is 10.8.